The highest BCUT2D eigenvalue weighted by Crippen LogP contribution is 2.34. The van der Waals surface area contributed by atoms with Gasteiger partial charge in [0.05, 0.1) is 29.9 Å². The highest BCUT2D eigenvalue weighted by molar-refractivity contribution is 8.32. The molecule has 0 atom stereocenters. The molecule has 188 valence electrons. The van der Waals surface area contributed by atoms with Crippen LogP contribution in [0.3, 0.4) is 0 Å². The zero-order valence-electron chi connectivity index (χ0n) is 21.4. The number of oxazole rings is 1. The van der Waals surface area contributed by atoms with Crippen molar-refractivity contribution in [2.45, 2.75) is 26.7 Å². The molecule has 0 aliphatic rings. The third kappa shape index (κ3) is 5.39. The van der Waals surface area contributed by atoms with Crippen LogP contribution in [0.4, 0.5) is 0 Å². The van der Waals surface area contributed by atoms with E-state index in [1.807, 2.05) is 73.1 Å². The smallest absolute Gasteiger partial charge is 0.264 e. The van der Waals surface area contributed by atoms with Crippen molar-refractivity contribution in [3.05, 3.63) is 60.9 Å². The summed E-state index contributed by atoms with van der Waals surface area (Å²) in [7, 11) is -0.616. The summed E-state index contributed by atoms with van der Waals surface area (Å²) in [6.45, 7) is 5.09. The molecule has 0 fully saturated rings. The van der Waals surface area contributed by atoms with Crippen LogP contribution in [0.15, 0.2) is 65.3 Å². The first kappa shape index (κ1) is 24.3. The maximum absolute atomic E-state index is 6.24. The fourth-order valence-electron chi connectivity index (χ4n) is 3.95. The van der Waals surface area contributed by atoms with Crippen LogP contribution in [0.1, 0.15) is 13.8 Å². The van der Waals surface area contributed by atoms with Crippen LogP contribution in [0.2, 0.25) is 0 Å². The molecule has 0 aliphatic carbocycles. The third-order valence-corrected chi connectivity index (χ3v) is 7.10. The van der Waals surface area contributed by atoms with Crippen LogP contribution in [-0.4, -0.2) is 56.8 Å². The van der Waals surface area contributed by atoms with Crippen molar-refractivity contribution in [3.8, 4) is 28.6 Å². The number of benzene rings is 2. The van der Waals surface area contributed by atoms with Crippen LogP contribution >= 0.6 is 10.0 Å². The van der Waals surface area contributed by atoms with E-state index in [1.54, 1.807) is 6.20 Å². The zero-order valence-corrected chi connectivity index (χ0v) is 22.2. The lowest BCUT2D eigenvalue weighted by Gasteiger charge is -2.24. The molecule has 0 radical (unpaired) electrons. The van der Waals surface area contributed by atoms with Crippen molar-refractivity contribution in [3.63, 3.8) is 0 Å². The van der Waals surface area contributed by atoms with Gasteiger partial charge in [-0.1, -0.05) is 18.2 Å². The second-order valence-corrected chi connectivity index (χ2v) is 14.6. The molecule has 0 saturated carbocycles. The van der Waals surface area contributed by atoms with E-state index in [0.717, 1.165) is 39.2 Å². The third-order valence-electron chi connectivity index (χ3n) is 5.71. The Bertz CT molecular complexity index is 1500. The van der Waals surface area contributed by atoms with Crippen molar-refractivity contribution in [2.24, 2.45) is 0 Å². The van der Waals surface area contributed by atoms with E-state index < -0.39 is 10.0 Å². The minimum Gasteiger partial charge on any atom is -0.489 e. The normalized spacial score (nSPS) is 12.6. The van der Waals surface area contributed by atoms with Gasteiger partial charge in [0.25, 0.3) is 5.89 Å². The Morgan fingerprint density at radius 1 is 0.944 bits per heavy atom. The van der Waals surface area contributed by atoms with Crippen molar-refractivity contribution >= 4 is 32.2 Å². The molecule has 5 aromatic rings. The predicted molar refractivity (Wildman–Crippen MR) is 148 cm³/mol. The summed E-state index contributed by atoms with van der Waals surface area (Å²) in [4.78, 5) is 13.9. The highest BCUT2D eigenvalue weighted by atomic mass is 32.3. The summed E-state index contributed by atoms with van der Waals surface area (Å²) in [5.41, 5.74) is 5.27. The summed E-state index contributed by atoms with van der Waals surface area (Å²) in [5, 5.41) is 0. The molecule has 0 amide bonds. The van der Waals surface area contributed by atoms with Gasteiger partial charge in [-0.05, 0) is 68.5 Å². The molecule has 3 heterocycles. The molecule has 3 aromatic heterocycles. The molecule has 0 saturated heterocycles. The highest BCUT2D eigenvalue weighted by Gasteiger charge is 2.19. The molecule has 0 N–H and O–H groups in total. The van der Waals surface area contributed by atoms with E-state index in [-0.39, 0.29) is 6.10 Å². The molecule has 0 aliphatic heterocycles. The number of aromatic nitrogens is 4. The van der Waals surface area contributed by atoms with E-state index in [4.69, 9.17) is 23.9 Å². The van der Waals surface area contributed by atoms with Crippen molar-refractivity contribution in [2.75, 3.05) is 31.1 Å². The second-order valence-electron chi connectivity index (χ2n) is 9.96. The standard InChI is InChI=1S/C28H32N4O3S/c1-19(2)34-22-14-21(16-29-17-22)20-10-11-24-26(15-20)35-28(31-24)27-30-23-8-6-7-9-25(23)32(27)18-33-12-13-36(3,4)5/h6-11,14-17,19H,12-13,18H2,1-5H3. The minimum absolute atomic E-state index is 0.0827. The lowest BCUT2D eigenvalue weighted by atomic mass is 10.1. The van der Waals surface area contributed by atoms with Gasteiger partial charge in [0.1, 0.15) is 18.0 Å². The summed E-state index contributed by atoms with van der Waals surface area (Å²) in [6, 6.07) is 16.0. The first-order chi connectivity index (χ1) is 17.3. The van der Waals surface area contributed by atoms with Crippen molar-refractivity contribution in [1.29, 1.82) is 0 Å². The number of ether oxygens (including phenoxy) is 2. The first-order valence-corrected chi connectivity index (χ1v) is 15.0. The Morgan fingerprint density at radius 2 is 1.78 bits per heavy atom. The van der Waals surface area contributed by atoms with E-state index in [0.29, 0.717) is 30.6 Å². The minimum atomic E-state index is -0.616. The molecule has 8 heteroatoms. The summed E-state index contributed by atoms with van der Waals surface area (Å²) >= 11 is 0. The van der Waals surface area contributed by atoms with Gasteiger partial charge in [-0.15, -0.1) is 0 Å². The summed E-state index contributed by atoms with van der Waals surface area (Å²) in [6.07, 6.45) is 10.5. The predicted octanol–water partition coefficient (Wildman–Crippen LogP) is 6.36. The fourth-order valence-corrected chi connectivity index (χ4v) is 4.57. The topological polar surface area (TPSA) is 75.2 Å². The maximum atomic E-state index is 6.24. The molecule has 7 nitrogen and oxygen atoms in total. The van der Waals surface area contributed by atoms with Gasteiger partial charge in [-0.25, -0.2) is 20.0 Å². The lowest BCUT2D eigenvalue weighted by Crippen LogP contribution is -2.10. The molecular formula is C28H32N4O3S. The SMILES string of the molecule is CC(C)Oc1cncc(-c2ccc3nc(-c4nc5ccccc5n4COCCS(C)(C)C)oc3c2)c1. The second kappa shape index (κ2) is 9.95. The Morgan fingerprint density at radius 3 is 2.58 bits per heavy atom. The number of nitrogens with zero attached hydrogens (tertiary/aromatic N) is 4. The maximum Gasteiger partial charge on any atom is 0.264 e. The van der Waals surface area contributed by atoms with Crippen LogP contribution in [0, 0.1) is 0 Å². The van der Waals surface area contributed by atoms with E-state index >= 15 is 0 Å². The van der Waals surface area contributed by atoms with Gasteiger partial charge in [-0.2, -0.15) is 0 Å². The van der Waals surface area contributed by atoms with Crippen LogP contribution < -0.4 is 4.74 Å². The average Bonchev–Trinajstić information content (AvgIpc) is 3.42. The monoisotopic (exact) mass is 504 g/mol. The molecule has 0 spiro atoms. The van der Waals surface area contributed by atoms with E-state index in [9.17, 15) is 0 Å². The fraction of sp³-hybridized carbons (Fsp3) is 0.321. The lowest BCUT2D eigenvalue weighted by molar-refractivity contribution is 0.0931. The number of hydrogen-bond acceptors (Lipinski definition) is 6. The number of rotatable bonds is 9. The Hall–Kier alpha value is -3.36. The van der Waals surface area contributed by atoms with E-state index in [2.05, 4.69) is 23.8 Å². The van der Waals surface area contributed by atoms with Crippen LogP contribution in [0.5, 0.6) is 5.75 Å². The first-order valence-electron chi connectivity index (χ1n) is 12.0. The quantitative estimate of drug-likeness (QED) is 0.217. The number of fused-ring (bicyclic) bond motifs is 2. The van der Waals surface area contributed by atoms with E-state index in [1.165, 1.54) is 0 Å². The molecule has 2 aromatic carbocycles. The van der Waals surface area contributed by atoms with Gasteiger partial charge in [0.15, 0.2) is 11.4 Å². The zero-order chi connectivity index (χ0) is 25.3. The number of hydrogen-bond donors (Lipinski definition) is 0. The van der Waals surface area contributed by atoms with Gasteiger partial charge in [0, 0.05) is 17.5 Å². The molecule has 36 heavy (non-hydrogen) atoms. The Labute approximate surface area is 212 Å². The number of imidazole rings is 1. The molecule has 5 rings (SSSR count). The number of pyridine rings is 1. The van der Waals surface area contributed by atoms with Crippen molar-refractivity contribution in [1.82, 2.24) is 19.5 Å². The molecule has 0 bridgehead atoms. The van der Waals surface area contributed by atoms with Crippen molar-refractivity contribution < 1.29 is 13.9 Å². The number of para-hydroxylation sites is 2. The van der Waals surface area contributed by atoms with Gasteiger partial charge in [-0.3, -0.25) is 9.55 Å². The summed E-state index contributed by atoms with van der Waals surface area (Å²) < 4.78 is 20.2. The Balaban J connectivity index is 1.47. The molecule has 0 unspecified atom stereocenters. The summed E-state index contributed by atoms with van der Waals surface area (Å²) in [5.74, 6) is 2.92. The van der Waals surface area contributed by atoms with Crippen LogP contribution in [0.25, 0.3) is 45.0 Å². The van der Waals surface area contributed by atoms with Gasteiger partial charge >= 0.3 is 0 Å². The van der Waals surface area contributed by atoms with Gasteiger partial charge in [0.2, 0.25) is 0 Å². The largest absolute Gasteiger partial charge is 0.489 e. The molecular weight excluding hydrogens is 472 g/mol. The average molecular weight is 505 g/mol. The van der Waals surface area contributed by atoms with Crippen LogP contribution in [-0.2, 0) is 11.5 Å². The Kier molecular flexibility index (Phi) is 6.73. The van der Waals surface area contributed by atoms with Gasteiger partial charge < -0.3 is 13.9 Å².